The molecule has 0 atom stereocenters. The fraction of sp³-hybridized carbons (Fsp3) is 0.0769. The Morgan fingerprint density at radius 3 is 2.70 bits per heavy atom. The molecule has 1 aromatic heterocycles. The summed E-state index contributed by atoms with van der Waals surface area (Å²) < 4.78 is 14.1. The molecular weight excluding hydrogens is 393 g/mol. The molecule has 20 heavy (non-hydrogen) atoms. The molecular formula is C13H10Br2FN3O. The summed E-state index contributed by atoms with van der Waals surface area (Å²) >= 11 is 6.35. The standard InChI is InChI=1S/C13H10Br2FN3O/c1-17-12-9(4-7(14)6-18-12)13(20)19-8-2-3-11(16)10(15)5-8/h2-6H,1H3,(H,17,18)(H,19,20). The van der Waals surface area contributed by atoms with Crippen LogP contribution in [-0.4, -0.2) is 17.9 Å². The van der Waals surface area contributed by atoms with Crippen LogP contribution < -0.4 is 10.6 Å². The average molecular weight is 403 g/mol. The van der Waals surface area contributed by atoms with Crippen LogP contribution in [-0.2, 0) is 0 Å². The lowest BCUT2D eigenvalue weighted by Crippen LogP contribution is -2.15. The monoisotopic (exact) mass is 401 g/mol. The molecule has 104 valence electrons. The summed E-state index contributed by atoms with van der Waals surface area (Å²) in [5, 5.41) is 5.54. The smallest absolute Gasteiger partial charge is 0.259 e. The molecule has 0 aliphatic carbocycles. The number of halogens is 3. The van der Waals surface area contributed by atoms with Crippen molar-refractivity contribution in [3.8, 4) is 0 Å². The molecule has 1 aromatic carbocycles. The van der Waals surface area contributed by atoms with E-state index in [1.165, 1.54) is 18.2 Å². The van der Waals surface area contributed by atoms with Crippen molar-refractivity contribution in [1.82, 2.24) is 4.98 Å². The molecule has 0 radical (unpaired) electrons. The lowest BCUT2D eigenvalue weighted by molar-refractivity contribution is 0.102. The lowest BCUT2D eigenvalue weighted by Gasteiger charge is -2.10. The topological polar surface area (TPSA) is 54.0 Å². The Morgan fingerprint density at radius 2 is 2.05 bits per heavy atom. The summed E-state index contributed by atoms with van der Waals surface area (Å²) in [7, 11) is 1.68. The van der Waals surface area contributed by atoms with Crippen molar-refractivity contribution in [3.63, 3.8) is 0 Å². The highest BCUT2D eigenvalue weighted by Crippen LogP contribution is 2.22. The van der Waals surface area contributed by atoms with Gasteiger partial charge in [0.25, 0.3) is 5.91 Å². The predicted octanol–water partition coefficient (Wildman–Crippen LogP) is 4.04. The molecule has 2 aromatic rings. The van der Waals surface area contributed by atoms with Gasteiger partial charge in [-0.3, -0.25) is 4.79 Å². The highest BCUT2D eigenvalue weighted by atomic mass is 79.9. The number of amides is 1. The van der Waals surface area contributed by atoms with Gasteiger partial charge in [0.05, 0.1) is 10.0 Å². The first kappa shape index (κ1) is 14.9. The number of carbonyl (C=O) groups is 1. The molecule has 2 rings (SSSR count). The molecule has 1 heterocycles. The molecule has 1 amide bonds. The molecule has 4 nitrogen and oxygen atoms in total. The minimum atomic E-state index is -0.386. The molecule has 0 aliphatic rings. The number of rotatable bonds is 3. The van der Waals surface area contributed by atoms with E-state index in [-0.39, 0.29) is 16.2 Å². The molecule has 0 bridgehead atoms. The zero-order valence-corrected chi connectivity index (χ0v) is 13.5. The maximum atomic E-state index is 13.1. The number of hydrogen-bond donors (Lipinski definition) is 2. The highest BCUT2D eigenvalue weighted by Gasteiger charge is 2.13. The molecule has 0 fully saturated rings. The van der Waals surface area contributed by atoms with Crippen LogP contribution in [0.15, 0.2) is 39.4 Å². The third-order valence-corrected chi connectivity index (χ3v) is 3.55. The molecule has 0 saturated carbocycles. The van der Waals surface area contributed by atoms with Crippen LogP contribution in [0.4, 0.5) is 15.9 Å². The SMILES string of the molecule is CNc1ncc(Br)cc1C(=O)Nc1ccc(F)c(Br)c1. The van der Waals surface area contributed by atoms with E-state index in [4.69, 9.17) is 0 Å². The fourth-order valence-electron chi connectivity index (χ4n) is 1.58. The van der Waals surface area contributed by atoms with Crippen LogP contribution in [0.25, 0.3) is 0 Å². The number of pyridine rings is 1. The van der Waals surface area contributed by atoms with Crippen molar-refractivity contribution in [2.24, 2.45) is 0 Å². The first-order chi connectivity index (χ1) is 9.51. The van der Waals surface area contributed by atoms with Crippen LogP contribution in [0.2, 0.25) is 0 Å². The van der Waals surface area contributed by atoms with E-state index < -0.39 is 0 Å². The van der Waals surface area contributed by atoms with E-state index >= 15 is 0 Å². The Morgan fingerprint density at radius 1 is 1.30 bits per heavy atom. The third-order valence-electron chi connectivity index (χ3n) is 2.51. The molecule has 0 saturated heterocycles. The van der Waals surface area contributed by atoms with Gasteiger partial charge in [-0.05, 0) is 56.1 Å². The molecule has 2 N–H and O–H groups in total. The molecule has 0 unspecified atom stereocenters. The van der Waals surface area contributed by atoms with E-state index in [1.807, 2.05) is 0 Å². The van der Waals surface area contributed by atoms with Crippen molar-refractivity contribution in [3.05, 3.63) is 50.8 Å². The second-order valence-corrected chi connectivity index (χ2v) is 5.65. The number of nitrogens with zero attached hydrogens (tertiary/aromatic N) is 1. The van der Waals surface area contributed by atoms with Gasteiger partial charge in [0.15, 0.2) is 0 Å². The van der Waals surface area contributed by atoms with E-state index in [0.29, 0.717) is 21.5 Å². The van der Waals surface area contributed by atoms with Crippen molar-refractivity contribution < 1.29 is 9.18 Å². The Bertz CT molecular complexity index is 664. The Labute approximate surface area is 132 Å². The van der Waals surface area contributed by atoms with Gasteiger partial charge in [-0.2, -0.15) is 0 Å². The average Bonchev–Trinajstić information content (AvgIpc) is 2.43. The number of anilines is 2. The Kier molecular flexibility index (Phi) is 4.72. The van der Waals surface area contributed by atoms with Crippen LogP contribution in [0.3, 0.4) is 0 Å². The van der Waals surface area contributed by atoms with Gasteiger partial charge in [-0.25, -0.2) is 9.37 Å². The summed E-state index contributed by atoms with van der Waals surface area (Å²) in [6.45, 7) is 0. The lowest BCUT2D eigenvalue weighted by atomic mass is 10.2. The second-order valence-electron chi connectivity index (χ2n) is 3.88. The number of carbonyl (C=O) groups excluding carboxylic acids is 1. The van der Waals surface area contributed by atoms with E-state index in [0.717, 1.165) is 0 Å². The van der Waals surface area contributed by atoms with E-state index in [2.05, 4.69) is 47.5 Å². The summed E-state index contributed by atoms with van der Waals surface area (Å²) in [4.78, 5) is 16.3. The van der Waals surface area contributed by atoms with Gasteiger partial charge in [0.1, 0.15) is 11.6 Å². The van der Waals surface area contributed by atoms with Crippen LogP contribution >= 0.6 is 31.9 Å². The van der Waals surface area contributed by atoms with Crippen molar-refractivity contribution in [2.75, 3.05) is 17.7 Å². The first-order valence-corrected chi connectivity index (χ1v) is 7.19. The highest BCUT2D eigenvalue weighted by molar-refractivity contribution is 9.10. The van der Waals surface area contributed by atoms with Gasteiger partial charge in [0, 0.05) is 23.4 Å². The van der Waals surface area contributed by atoms with Crippen LogP contribution in [0.5, 0.6) is 0 Å². The normalized spacial score (nSPS) is 10.2. The van der Waals surface area contributed by atoms with Gasteiger partial charge in [0.2, 0.25) is 0 Å². The zero-order chi connectivity index (χ0) is 14.7. The maximum Gasteiger partial charge on any atom is 0.259 e. The van der Waals surface area contributed by atoms with Crippen molar-refractivity contribution in [2.45, 2.75) is 0 Å². The minimum absolute atomic E-state index is 0.288. The quantitative estimate of drug-likeness (QED) is 0.814. The second kappa shape index (κ2) is 6.32. The van der Waals surface area contributed by atoms with Crippen LogP contribution in [0.1, 0.15) is 10.4 Å². The summed E-state index contributed by atoms with van der Waals surface area (Å²) in [6, 6.07) is 5.92. The van der Waals surface area contributed by atoms with E-state index in [1.54, 1.807) is 19.3 Å². The maximum absolute atomic E-state index is 13.1. The Hall–Kier alpha value is -1.47. The van der Waals surface area contributed by atoms with Gasteiger partial charge in [-0.15, -0.1) is 0 Å². The minimum Gasteiger partial charge on any atom is -0.372 e. The van der Waals surface area contributed by atoms with E-state index in [9.17, 15) is 9.18 Å². The predicted molar refractivity (Wildman–Crippen MR) is 83.5 cm³/mol. The summed E-state index contributed by atoms with van der Waals surface area (Å²) in [5.41, 5.74) is 0.882. The number of hydrogen-bond acceptors (Lipinski definition) is 3. The molecule has 0 aliphatic heterocycles. The van der Waals surface area contributed by atoms with Crippen molar-refractivity contribution >= 4 is 49.3 Å². The number of aromatic nitrogens is 1. The largest absolute Gasteiger partial charge is 0.372 e. The number of nitrogens with one attached hydrogen (secondary N) is 2. The van der Waals surface area contributed by atoms with Gasteiger partial charge in [-0.1, -0.05) is 0 Å². The molecule has 7 heteroatoms. The fourth-order valence-corrected chi connectivity index (χ4v) is 2.29. The van der Waals surface area contributed by atoms with Gasteiger partial charge < -0.3 is 10.6 Å². The Balaban J connectivity index is 2.27. The third kappa shape index (κ3) is 3.34. The first-order valence-electron chi connectivity index (χ1n) is 5.61. The number of benzene rings is 1. The van der Waals surface area contributed by atoms with Crippen LogP contribution in [0, 0.1) is 5.82 Å². The van der Waals surface area contributed by atoms with Crippen molar-refractivity contribution in [1.29, 1.82) is 0 Å². The summed E-state index contributed by atoms with van der Waals surface area (Å²) in [5.74, 6) is -0.253. The zero-order valence-electron chi connectivity index (χ0n) is 10.4. The summed E-state index contributed by atoms with van der Waals surface area (Å²) in [6.07, 6.45) is 1.59. The van der Waals surface area contributed by atoms with Gasteiger partial charge >= 0.3 is 0 Å². The molecule has 0 spiro atoms.